The third kappa shape index (κ3) is 5.93. The number of aromatic nitrogens is 4. The molecule has 33 heavy (non-hydrogen) atoms. The number of anilines is 3. The lowest BCUT2D eigenvalue weighted by molar-refractivity contribution is 0.737. The number of aliphatic imine (C=N–C) groups is 2. The molecule has 0 saturated carbocycles. The minimum Gasteiger partial charge on any atom is -0.325 e. The summed E-state index contributed by atoms with van der Waals surface area (Å²) in [4.78, 5) is 26.6. The molecule has 168 valence electrons. The third-order valence-corrected chi connectivity index (χ3v) is 5.55. The van der Waals surface area contributed by atoms with Gasteiger partial charge in [0.15, 0.2) is 11.0 Å². The fourth-order valence-corrected chi connectivity index (χ4v) is 3.90. The minimum atomic E-state index is 0.425. The van der Waals surface area contributed by atoms with Gasteiger partial charge in [0.2, 0.25) is 5.95 Å². The standard InChI is InChI=1S/C23H25N9S/c1-4-19(30-21(24-3)17-7-5-6-15(2)27-17)29-20-10-13-26-22(31-20)32-23-28-18(14-33-23)16-8-11-25-12-9-16/h4-8,10,13-14,25H,3,9,11-12H2,1-2H3,(H2,26,28,29,31,32)/b19-4-,30-21-. The highest BCUT2D eigenvalue weighted by molar-refractivity contribution is 7.13. The largest absolute Gasteiger partial charge is 0.325 e. The van der Waals surface area contributed by atoms with Gasteiger partial charge >= 0.3 is 0 Å². The maximum absolute atomic E-state index is 4.68. The van der Waals surface area contributed by atoms with Gasteiger partial charge in [0, 0.05) is 23.8 Å². The molecular formula is C23H25N9S. The van der Waals surface area contributed by atoms with Gasteiger partial charge in [0.05, 0.1) is 5.69 Å². The van der Waals surface area contributed by atoms with Crippen molar-refractivity contribution in [2.24, 2.45) is 9.98 Å². The zero-order valence-corrected chi connectivity index (χ0v) is 19.4. The molecule has 0 fully saturated rings. The Morgan fingerprint density at radius 3 is 2.91 bits per heavy atom. The summed E-state index contributed by atoms with van der Waals surface area (Å²) in [5, 5.41) is 12.5. The zero-order valence-electron chi connectivity index (χ0n) is 18.5. The number of allylic oxidation sites excluding steroid dienone is 1. The monoisotopic (exact) mass is 459 g/mol. The molecule has 0 radical (unpaired) electrons. The van der Waals surface area contributed by atoms with E-state index in [0.717, 1.165) is 36.0 Å². The fourth-order valence-electron chi connectivity index (χ4n) is 3.17. The van der Waals surface area contributed by atoms with Crippen molar-refractivity contribution in [2.45, 2.75) is 20.3 Å². The van der Waals surface area contributed by atoms with E-state index in [1.165, 1.54) is 16.9 Å². The Morgan fingerprint density at radius 1 is 1.24 bits per heavy atom. The Hall–Kier alpha value is -3.76. The molecule has 0 aromatic carbocycles. The first-order valence-electron chi connectivity index (χ1n) is 10.5. The van der Waals surface area contributed by atoms with E-state index in [2.05, 4.69) is 64.0 Å². The maximum atomic E-state index is 4.68. The SMILES string of the molecule is C=N/C(=N\C(=C/C)Nc1ccnc(Nc2nc(C3=CCNCC3)cs2)n1)c1cccc(C)n1. The van der Waals surface area contributed by atoms with Gasteiger partial charge in [-0.2, -0.15) is 4.98 Å². The van der Waals surface area contributed by atoms with E-state index in [1.807, 2.05) is 38.1 Å². The lowest BCUT2D eigenvalue weighted by atomic mass is 10.1. The van der Waals surface area contributed by atoms with Crippen LogP contribution in [0.15, 0.2) is 63.8 Å². The van der Waals surface area contributed by atoms with E-state index >= 15 is 0 Å². The Kier molecular flexibility index (Phi) is 7.28. The van der Waals surface area contributed by atoms with E-state index in [9.17, 15) is 0 Å². The molecule has 3 N–H and O–H groups in total. The summed E-state index contributed by atoms with van der Waals surface area (Å²) in [7, 11) is 0. The molecule has 1 aliphatic rings. The molecule has 0 atom stereocenters. The molecule has 0 unspecified atom stereocenters. The normalized spacial score (nSPS) is 14.5. The van der Waals surface area contributed by atoms with E-state index in [0.29, 0.717) is 29.1 Å². The number of amidine groups is 1. The number of pyridine rings is 1. The molecule has 4 rings (SSSR count). The van der Waals surface area contributed by atoms with E-state index in [4.69, 9.17) is 0 Å². The Morgan fingerprint density at radius 2 is 2.15 bits per heavy atom. The van der Waals surface area contributed by atoms with Crippen LogP contribution < -0.4 is 16.0 Å². The average molecular weight is 460 g/mol. The van der Waals surface area contributed by atoms with Crippen LogP contribution in [0.25, 0.3) is 5.57 Å². The number of nitrogens with zero attached hydrogens (tertiary/aromatic N) is 6. The first-order chi connectivity index (χ1) is 16.1. The first-order valence-corrected chi connectivity index (χ1v) is 11.4. The molecule has 0 saturated heterocycles. The van der Waals surface area contributed by atoms with Gasteiger partial charge in [-0.1, -0.05) is 12.1 Å². The van der Waals surface area contributed by atoms with Crippen LogP contribution in [-0.2, 0) is 0 Å². The van der Waals surface area contributed by atoms with Crippen molar-refractivity contribution in [3.63, 3.8) is 0 Å². The molecular weight excluding hydrogens is 434 g/mol. The number of hydrogen-bond acceptors (Lipinski definition) is 9. The van der Waals surface area contributed by atoms with E-state index in [1.54, 1.807) is 12.3 Å². The minimum absolute atomic E-state index is 0.425. The molecule has 0 aliphatic carbocycles. The summed E-state index contributed by atoms with van der Waals surface area (Å²) >= 11 is 1.53. The van der Waals surface area contributed by atoms with Gasteiger partial charge in [-0.05, 0) is 63.4 Å². The summed E-state index contributed by atoms with van der Waals surface area (Å²) < 4.78 is 0. The van der Waals surface area contributed by atoms with Crippen molar-refractivity contribution < 1.29 is 0 Å². The molecule has 1 aliphatic heterocycles. The van der Waals surface area contributed by atoms with Gasteiger partial charge in [0.1, 0.15) is 17.3 Å². The number of rotatable bonds is 7. The molecule has 3 aromatic rings. The van der Waals surface area contributed by atoms with Gasteiger partial charge < -0.3 is 10.6 Å². The second-order valence-corrected chi connectivity index (χ2v) is 8.03. The molecule has 9 nitrogen and oxygen atoms in total. The molecule has 3 aromatic heterocycles. The van der Waals surface area contributed by atoms with Crippen molar-refractivity contribution in [3.05, 3.63) is 70.9 Å². The zero-order chi connectivity index (χ0) is 23.0. The predicted molar refractivity (Wildman–Crippen MR) is 135 cm³/mol. The highest BCUT2D eigenvalue weighted by atomic mass is 32.1. The molecule has 0 spiro atoms. The van der Waals surface area contributed by atoms with Gasteiger partial charge in [-0.15, -0.1) is 11.3 Å². The van der Waals surface area contributed by atoms with Crippen LogP contribution in [0.3, 0.4) is 0 Å². The second-order valence-electron chi connectivity index (χ2n) is 7.17. The summed E-state index contributed by atoms with van der Waals surface area (Å²) in [6, 6.07) is 7.45. The maximum Gasteiger partial charge on any atom is 0.230 e. The summed E-state index contributed by atoms with van der Waals surface area (Å²) in [5.41, 5.74) is 3.80. The van der Waals surface area contributed by atoms with Crippen molar-refractivity contribution in [1.29, 1.82) is 0 Å². The smallest absolute Gasteiger partial charge is 0.230 e. The predicted octanol–water partition coefficient (Wildman–Crippen LogP) is 4.18. The summed E-state index contributed by atoms with van der Waals surface area (Å²) in [5.74, 6) is 2.03. The highest BCUT2D eigenvalue weighted by Gasteiger charge is 2.11. The third-order valence-electron chi connectivity index (χ3n) is 4.79. The molecule has 10 heteroatoms. The van der Waals surface area contributed by atoms with Crippen LogP contribution in [0.1, 0.15) is 30.4 Å². The highest BCUT2D eigenvalue weighted by Crippen LogP contribution is 2.26. The van der Waals surface area contributed by atoms with Gasteiger partial charge in [-0.3, -0.25) is 5.32 Å². The van der Waals surface area contributed by atoms with E-state index < -0.39 is 0 Å². The Bertz CT molecular complexity index is 1230. The van der Waals surface area contributed by atoms with Crippen LogP contribution >= 0.6 is 11.3 Å². The lowest BCUT2D eigenvalue weighted by Gasteiger charge is -2.11. The first kappa shape index (κ1) is 22.4. The Balaban J connectivity index is 1.47. The molecule has 0 bridgehead atoms. The number of thiazole rings is 1. The summed E-state index contributed by atoms with van der Waals surface area (Å²) in [6.45, 7) is 9.29. The van der Waals surface area contributed by atoms with Crippen LogP contribution in [-0.4, -0.2) is 45.6 Å². The van der Waals surface area contributed by atoms with Crippen LogP contribution in [0.5, 0.6) is 0 Å². The molecule has 0 amide bonds. The molecule has 4 heterocycles. The average Bonchev–Trinajstić information content (AvgIpc) is 3.31. The number of hydrogen-bond donors (Lipinski definition) is 3. The van der Waals surface area contributed by atoms with Gasteiger partial charge in [0.25, 0.3) is 0 Å². The van der Waals surface area contributed by atoms with Crippen LogP contribution in [0.4, 0.5) is 16.9 Å². The number of aryl methyl sites for hydroxylation is 1. The second kappa shape index (κ2) is 10.7. The number of nitrogens with one attached hydrogen (secondary N) is 3. The van der Waals surface area contributed by atoms with E-state index in [-0.39, 0.29) is 0 Å². The van der Waals surface area contributed by atoms with Crippen molar-refractivity contribution in [1.82, 2.24) is 25.3 Å². The lowest BCUT2D eigenvalue weighted by Crippen LogP contribution is -2.20. The summed E-state index contributed by atoms with van der Waals surface area (Å²) in [6.07, 6.45) is 6.66. The topological polar surface area (TPSA) is 112 Å². The quantitative estimate of drug-likeness (QED) is 0.359. The van der Waals surface area contributed by atoms with Crippen LogP contribution in [0, 0.1) is 6.92 Å². The Labute approximate surface area is 196 Å². The fraction of sp³-hybridized carbons (Fsp3) is 0.217. The van der Waals surface area contributed by atoms with Crippen molar-refractivity contribution in [2.75, 3.05) is 23.7 Å². The van der Waals surface area contributed by atoms with Crippen molar-refractivity contribution in [3.8, 4) is 0 Å². The van der Waals surface area contributed by atoms with Crippen LogP contribution in [0.2, 0.25) is 0 Å². The van der Waals surface area contributed by atoms with Crippen molar-refractivity contribution >= 4 is 46.4 Å². The van der Waals surface area contributed by atoms with Gasteiger partial charge in [-0.25, -0.2) is 24.9 Å².